The van der Waals surface area contributed by atoms with Crippen LogP contribution in [0.1, 0.15) is 5.56 Å². The lowest BCUT2D eigenvalue weighted by molar-refractivity contribution is -0.114. The Morgan fingerprint density at radius 1 is 1.40 bits per heavy atom. The molecule has 2 N–H and O–H groups in total. The normalized spacial score (nSPS) is 24.9. The van der Waals surface area contributed by atoms with Crippen molar-refractivity contribution in [3.63, 3.8) is 0 Å². The molecule has 1 saturated heterocycles. The maximum absolute atomic E-state index is 13.7. The lowest BCUT2D eigenvalue weighted by Crippen LogP contribution is -2.46. The Labute approximate surface area is 114 Å². The maximum atomic E-state index is 13.7. The number of nitrogens with zero attached hydrogens (tertiary/aromatic N) is 1. The first-order valence-electron chi connectivity index (χ1n) is 6.10. The minimum atomic E-state index is -3.50. The van der Waals surface area contributed by atoms with Gasteiger partial charge in [0.25, 0.3) is 5.92 Å². The monoisotopic (exact) mass is 287 g/mol. The molecule has 1 fully saturated rings. The Hall–Kier alpha value is -1.73. The summed E-state index contributed by atoms with van der Waals surface area (Å²) in [5.74, 6) is -3.50. The molecule has 20 heavy (non-hydrogen) atoms. The molecule has 2 rings (SSSR count). The second-order valence-corrected chi connectivity index (χ2v) is 4.64. The van der Waals surface area contributed by atoms with E-state index >= 15 is 0 Å². The number of hydrogen-bond donors (Lipinski definition) is 2. The van der Waals surface area contributed by atoms with E-state index in [4.69, 9.17) is 9.84 Å². The highest BCUT2D eigenvalue weighted by molar-refractivity contribution is 5.66. The van der Waals surface area contributed by atoms with Gasteiger partial charge >= 0.3 is 6.09 Å². The van der Waals surface area contributed by atoms with E-state index in [0.717, 1.165) is 5.56 Å². The van der Waals surface area contributed by atoms with Gasteiger partial charge in [0.15, 0.2) is 0 Å². The third kappa shape index (κ3) is 2.88. The number of amides is 1. The van der Waals surface area contributed by atoms with Gasteiger partial charge in [-0.1, -0.05) is 30.3 Å². The third-order valence-corrected chi connectivity index (χ3v) is 3.27. The fourth-order valence-corrected chi connectivity index (χ4v) is 2.14. The zero-order chi connectivity index (χ0) is 14.8. The molecule has 0 radical (unpaired) electrons. The molecular formula is C13H15F2NO4. The number of aliphatic hydroxyl groups excluding tert-OH is 1. The zero-order valence-corrected chi connectivity index (χ0v) is 10.6. The van der Waals surface area contributed by atoms with E-state index in [1.165, 1.54) is 0 Å². The minimum Gasteiger partial charge on any atom is -0.465 e. The fraction of sp³-hybridized carbons (Fsp3) is 0.462. The largest absolute Gasteiger partial charge is 0.465 e. The number of hydrogen-bond acceptors (Lipinski definition) is 3. The van der Waals surface area contributed by atoms with Crippen LogP contribution in [0.15, 0.2) is 30.3 Å². The van der Waals surface area contributed by atoms with Gasteiger partial charge in [-0.3, -0.25) is 4.90 Å². The molecule has 5 nitrogen and oxygen atoms in total. The molecule has 0 saturated carbocycles. The molecule has 1 aliphatic heterocycles. The second kappa shape index (κ2) is 5.72. The van der Waals surface area contributed by atoms with Crippen LogP contribution in [0.5, 0.6) is 0 Å². The van der Waals surface area contributed by atoms with Crippen LogP contribution in [-0.2, 0) is 11.3 Å². The fourth-order valence-electron chi connectivity index (χ4n) is 2.14. The summed E-state index contributed by atoms with van der Waals surface area (Å²) in [5, 5.41) is 18.1. The van der Waals surface area contributed by atoms with Crippen molar-refractivity contribution in [3.05, 3.63) is 35.9 Å². The van der Waals surface area contributed by atoms with Crippen LogP contribution in [0, 0.1) is 0 Å². The van der Waals surface area contributed by atoms with Gasteiger partial charge in [0.05, 0.1) is 19.8 Å². The number of rotatable bonds is 4. The second-order valence-electron chi connectivity index (χ2n) is 4.64. The first kappa shape index (κ1) is 14.7. The van der Waals surface area contributed by atoms with Crippen molar-refractivity contribution in [1.82, 2.24) is 4.90 Å². The van der Waals surface area contributed by atoms with Crippen LogP contribution in [0.25, 0.3) is 0 Å². The summed E-state index contributed by atoms with van der Waals surface area (Å²) < 4.78 is 32.6. The first-order valence-corrected chi connectivity index (χ1v) is 6.10. The molecule has 0 aliphatic carbocycles. The number of benzene rings is 1. The molecule has 1 amide bonds. The Balaban J connectivity index is 1.97. The van der Waals surface area contributed by atoms with Crippen molar-refractivity contribution >= 4 is 6.09 Å². The molecule has 0 aromatic heterocycles. The zero-order valence-electron chi connectivity index (χ0n) is 10.6. The highest BCUT2D eigenvalue weighted by atomic mass is 19.3. The summed E-state index contributed by atoms with van der Waals surface area (Å²) in [6.45, 7) is -0.968. The standard InChI is InChI=1S/C13H15F2NO4/c14-13(15)10(16(12(18)19)6-11(13)17)8-20-7-9-4-2-1-3-5-9/h1-5,10-11,17H,6-8H2,(H,18,19)/t10-,11+/m1/s1. The van der Waals surface area contributed by atoms with Crippen molar-refractivity contribution in [1.29, 1.82) is 0 Å². The topological polar surface area (TPSA) is 70.0 Å². The number of aliphatic hydroxyl groups is 1. The first-order chi connectivity index (χ1) is 9.43. The summed E-state index contributed by atoms with van der Waals surface area (Å²) in [6, 6.07) is 7.27. The van der Waals surface area contributed by atoms with Crippen molar-refractivity contribution in [2.45, 2.75) is 24.7 Å². The lowest BCUT2D eigenvalue weighted by Gasteiger charge is -2.25. The molecule has 1 aromatic rings. The maximum Gasteiger partial charge on any atom is 0.407 e. The van der Waals surface area contributed by atoms with Gasteiger partial charge in [-0.15, -0.1) is 0 Å². The number of carbonyl (C=O) groups is 1. The van der Waals surface area contributed by atoms with E-state index in [1.54, 1.807) is 24.3 Å². The van der Waals surface area contributed by atoms with Crippen molar-refractivity contribution in [2.24, 2.45) is 0 Å². The van der Waals surface area contributed by atoms with Gasteiger partial charge in [0.1, 0.15) is 12.1 Å². The number of carboxylic acid groups (broad SMARTS) is 1. The number of alkyl halides is 2. The highest BCUT2D eigenvalue weighted by Gasteiger charge is 2.57. The van der Waals surface area contributed by atoms with Crippen LogP contribution in [0.3, 0.4) is 0 Å². The number of likely N-dealkylation sites (tertiary alicyclic amines) is 1. The molecule has 110 valence electrons. The Bertz CT molecular complexity index is 469. The van der Waals surface area contributed by atoms with E-state index in [1.807, 2.05) is 6.07 Å². The predicted octanol–water partition coefficient (Wildman–Crippen LogP) is 1.56. The summed E-state index contributed by atoms with van der Waals surface area (Å²) >= 11 is 0. The van der Waals surface area contributed by atoms with Gasteiger partial charge in [-0.2, -0.15) is 0 Å². The molecule has 0 bridgehead atoms. The SMILES string of the molecule is O=C(O)N1C[C@H](O)C(F)(F)[C@H]1COCc1ccccc1. The van der Waals surface area contributed by atoms with Crippen molar-refractivity contribution in [3.8, 4) is 0 Å². The summed E-state index contributed by atoms with van der Waals surface area (Å²) in [4.78, 5) is 11.4. The van der Waals surface area contributed by atoms with E-state index in [-0.39, 0.29) is 6.61 Å². The third-order valence-electron chi connectivity index (χ3n) is 3.27. The number of ether oxygens (including phenoxy) is 1. The molecule has 1 aromatic carbocycles. The molecule has 1 aliphatic rings. The molecular weight excluding hydrogens is 272 g/mol. The van der Waals surface area contributed by atoms with Crippen molar-refractivity contribution in [2.75, 3.05) is 13.2 Å². The van der Waals surface area contributed by atoms with Gasteiger partial charge in [0, 0.05) is 0 Å². The molecule has 0 unspecified atom stereocenters. The Morgan fingerprint density at radius 2 is 2.05 bits per heavy atom. The van der Waals surface area contributed by atoms with Crippen molar-refractivity contribution < 1.29 is 28.5 Å². The Kier molecular flexibility index (Phi) is 4.20. The van der Waals surface area contributed by atoms with Gasteiger partial charge < -0.3 is 14.9 Å². The molecule has 2 atom stereocenters. The van der Waals surface area contributed by atoms with E-state index in [0.29, 0.717) is 4.90 Å². The average Bonchev–Trinajstić information content (AvgIpc) is 2.63. The van der Waals surface area contributed by atoms with Crippen LogP contribution >= 0.6 is 0 Å². The van der Waals surface area contributed by atoms with Gasteiger partial charge in [-0.05, 0) is 5.56 Å². The summed E-state index contributed by atoms with van der Waals surface area (Å²) in [6.07, 6.45) is -3.49. The van der Waals surface area contributed by atoms with Crippen LogP contribution in [0.4, 0.5) is 13.6 Å². The molecule has 1 heterocycles. The van der Waals surface area contributed by atoms with Gasteiger partial charge in [-0.25, -0.2) is 13.6 Å². The predicted molar refractivity (Wildman–Crippen MR) is 65.6 cm³/mol. The van der Waals surface area contributed by atoms with Gasteiger partial charge in [0.2, 0.25) is 0 Å². The number of halogens is 2. The summed E-state index contributed by atoms with van der Waals surface area (Å²) in [5.41, 5.74) is 0.802. The molecule has 0 spiro atoms. The minimum absolute atomic E-state index is 0.108. The highest BCUT2D eigenvalue weighted by Crippen LogP contribution is 2.34. The van der Waals surface area contributed by atoms with E-state index in [2.05, 4.69) is 0 Å². The van der Waals surface area contributed by atoms with Crippen LogP contribution in [0.2, 0.25) is 0 Å². The molecule has 7 heteroatoms. The quantitative estimate of drug-likeness (QED) is 0.881. The smallest absolute Gasteiger partial charge is 0.407 e. The van der Waals surface area contributed by atoms with Crippen LogP contribution in [-0.4, -0.2) is 52.4 Å². The van der Waals surface area contributed by atoms with E-state index in [9.17, 15) is 18.7 Å². The van der Waals surface area contributed by atoms with E-state index < -0.39 is 37.3 Å². The lowest BCUT2D eigenvalue weighted by atomic mass is 10.1. The average molecular weight is 287 g/mol. The Morgan fingerprint density at radius 3 is 2.65 bits per heavy atom. The summed E-state index contributed by atoms with van der Waals surface area (Å²) in [7, 11) is 0. The van der Waals surface area contributed by atoms with Crippen LogP contribution < -0.4 is 0 Å². The number of β-amino-alcohol motifs (C(OH)–C–C–N with tert-alkyl or cyclic N) is 1.